The third-order valence-corrected chi connectivity index (χ3v) is 17.9. The Labute approximate surface area is 463 Å². The van der Waals surface area contributed by atoms with Crippen LogP contribution in [0, 0.1) is 0 Å². The molecular weight excluding hydrogens is 961 g/mol. The minimum Gasteiger partial charge on any atom is -0.489 e. The molecule has 0 radical (unpaired) electrons. The summed E-state index contributed by atoms with van der Waals surface area (Å²) in [4.78, 5) is 0. The number of rotatable bonds is 19. The van der Waals surface area contributed by atoms with Gasteiger partial charge in [0.15, 0.2) is 0 Å². The summed E-state index contributed by atoms with van der Waals surface area (Å²) in [5.41, 5.74) is 9.69. The van der Waals surface area contributed by atoms with Crippen LogP contribution in [0.2, 0.25) is 0 Å². The summed E-state index contributed by atoms with van der Waals surface area (Å²) in [6, 6.07) is 56.7. The van der Waals surface area contributed by atoms with Crippen molar-refractivity contribution in [3.8, 4) is 45.6 Å². The van der Waals surface area contributed by atoms with Crippen LogP contribution >= 0.6 is 0 Å². The Morgan fingerprint density at radius 2 is 0.564 bits per heavy atom. The third-order valence-electron chi connectivity index (χ3n) is 17.9. The second-order valence-electron chi connectivity index (χ2n) is 23.0. The summed E-state index contributed by atoms with van der Waals surface area (Å²) in [5, 5.41) is 4.21. The molecule has 8 aromatic carbocycles. The molecule has 0 atom stereocenters. The van der Waals surface area contributed by atoms with E-state index in [0.717, 1.165) is 66.8 Å². The van der Waals surface area contributed by atoms with Gasteiger partial charge in [-0.15, -0.1) is 0 Å². The molecule has 0 bridgehead atoms. The van der Waals surface area contributed by atoms with Crippen LogP contribution in [0.3, 0.4) is 0 Å². The zero-order valence-corrected chi connectivity index (χ0v) is 45.7. The second-order valence-corrected chi connectivity index (χ2v) is 23.0. The third kappa shape index (κ3) is 12.7. The SMILES string of the molecule is c1cc2c(-c3c(OCOc4ccc(C5CCCCC5)cc4)ccc4cc(COc5ccc(C6CCCCC6)cc5)ccc34)c(OCOc3ccc(C4CCCCC4)cc3)ccc2cc1COc1ccc(C2CCCCC2)cc1. The average Bonchev–Trinajstić information content (AvgIpc) is 3.63. The molecule has 4 saturated carbocycles. The highest BCUT2D eigenvalue weighted by atomic mass is 16.7. The molecule has 8 aromatic rings. The van der Waals surface area contributed by atoms with E-state index in [0.29, 0.717) is 48.4 Å². The Morgan fingerprint density at radius 1 is 0.269 bits per heavy atom. The van der Waals surface area contributed by atoms with Gasteiger partial charge in [-0.3, -0.25) is 0 Å². The highest BCUT2D eigenvalue weighted by Crippen LogP contribution is 2.47. The molecule has 4 aliphatic rings. The van der Waals surface area contributed by atoms with Gasteiger partial charge in [-0.2, -0.15) is 0 Å². The van der Waals surface area contributed by atoms with Crippen molar-refractivity contribution < 1.29 is 28.4 Å². The lowest BCUT2D eigenvalue weighted by Gasteiger charge is -2.22. The summed E-state index contributed by atoms with van der Waals surface area (Å²) in [7, 11) is 0. The first-order chi connectivity index (χ1) is 38.6. The zero-order chi connectivity index (χ0) is 52.3. The van der Waals surface area contributed by atoms with Gasteiger partial charge in [0.2, 0.25) is 13.6 Å². The van der Waals surface area contributed by atoms with Crippen molar-refractivity contribution in [1.82, 2.24) is 0 Å². The molecule has 0 unspecified atom stereocenters. The van der Waals surface area contributed by atoms with Crippen molar-refractivity contribution in [3.63, 3.8) is 0 Å². The molecule has 78 heavy (non-hydrogen) atoms. The molecular formula is C72H78O6. The Balaban J connectivity index is 0.852. The first-order valence-corrected chi connectivity index (χ1v) is 29.9. The van der Waals surface area contributed by atoms with Gasteiger partial charge < -0.3 is 28.4 Å². The summed E-state index contributed by atoms with van der Waals surface area (Å²) in [6.07, 6.45) is 26.1. The lowest BCUT2D eigenvalue weighted by Crippen LogP contribution is -2.09. The van der Waals surface area contributed by atoms with Crippen LogP contribution < -0.4 is 28.4 Å². The van der Waals surface area contributed by atoms with Gasteiger partial charge in [-0.05, 0) is 203 Å². The molecule has 0 aliphatic heterocycles. The summed E-state index contributed by atoms with van der Waals surface area (Å²) >= 11 is 0. The Hall–Kier alpha value is -6.92. The van der Waals surface area contributed by atoms with Crippen LogP contribution in [0.25, 0.3) is 32.7 Å². The Bertz CT molecular complexity index is 2970. The van der Waals surface area contributed by atoms with E-state index in [9.17, 15) is 0 Å². The monoisotopic (exact) mass is 1040 g/mol. The van der Waals surface area contributed by atoms with E-state index >= 15 is 0 Å². The van der Waals surface area contributed by atoms with E-state index < -0.39 is 0 Å². The molecule has 0 N–H and O–H groups in total. The van der Waals surface area contributed by atoms with Crippen LogP contribution in [-0.2, 0) is 13.2 Å². The fraction of sp³-hybridized carbons (Fsp3) is 0.389. The molecule has 4 aliphatic carbocycles. The zero-order valence-electron chi connectivity index (χ0n) is 45.7. The van der Waals surface area contributed by atoms with Gasteiger partial charge in [0.1, 0.15) is 47.7 Å². The van der Waals surface area contributed by atoms with Gasteiger partial charge in [0.25, 0.3) is 0 Å². The topological polar surface area (TPSA) is 55.4 Å². The van der Waals surface area contributed by atoms with E-state index in [-0.39, 0.29) is 13.6 Å². The molecule has 0 amide bonds. The Morgan fingerprint density at radius 3 is 0.872 bits per heavy atom. The summed E-state index contributed by atoms with van der Waals surface area (Å²) in [5.74, 6) is 7.35. The van der Waals surface area contributed by atoms with Gasteiger partial charge >= 0.3 is 0 Å². The molecule has 0 spiro atoms. The number of fused-ring (bicyclic) bond motifs is 2. The van der Waals surface area contributed by atoms with Crippen molar-refractivity contribution in [3.05, 3.63) is 191 Å². The van der Waals surface area contributed by atoms with Crippen LogP contribution in [-0.4, -0.2) is 13.6 Å². The van der Waals surface area contributed by atoms with Crippen LogP contribution in [0.15, 0.2) is 158 Å². The highest BCUT2D eigenvalue weighted by Gasteiger charge is 2.23. The number of hydrogen-bond donors (Lipinski definition) is 0. The van der Waals surface area contributed by atoms with Crippen molar-refractivity contribution in [1.29, 1.82) is 0 Å². The molecule has 0 heterocycles. The predicted molar refractivity (Wildman–Crippen MR) is 317 cm³/mol. The maximum atomic E-state index is 6.78. The molecule has 4 fully saturated rings. The van der Waals surface area contributed by atoms with Crippen molar-refractivity contribution in [2.24, 2.45) is 0 Å². The van der Waals surface area contributed by atoms with Gasteiger partial charge in [-0.1, -0.05) is 162 Å². The smallest absolute Gasteiger partial charge is 0.230 e. The quantitative estimate of drug-likeness (QED) is 0.0752. The van der Waals surface area contributed by atoms with Crippen molar-refractivity contribution >= 4 is 21.5 Å². The molecule has 12 rings (SSSR count). The maximum absolute atomic E-state index is 6.78. The van der Waals surface area contributed by atoms with Gasteiger partial charge in [0, 0.05) is 11.1 Å². The summed E-state index contributed by atoms with van der Waals surface area (Å²) < 4.78 is 39.2. The van der Waals surface area contributed by atoms with Crippen LogP contribution in [0.1, 0.15) is 185 Å². The molecule has 6 heteroatoms. The number of hydrogen-bond acceptors (Lipinski definition) is 6. The molecule has 402 valence electrons. The van der Waals surface area contributed by atoms with E-state index in [1.807, 2.05) is 0 Å². The van der Waals surface area contributed by atoms with Gasteiger partial charge in [0.05, 0.1) is 0 Å². The van der Waals surface area contributed by atoms with Crippen LogP contribution in [0.5, 0.6) is 34.5 Å². The van der Waals surface area contributed by atoms with Crippen molar-refractivity contribution in [2.75, 3.05) is 13.6 Å². The van der Waals surface area contributed by atoms with E-state index in [4.69, 9.17) is 28.4 Å². The van der Waals surface area contributed by atoms with E-state index in [2.05, 4.69) is 158 Å². The van der Waals surface area contributed by atoms with Gasteiger partial charge in [-0.25, -0.2) is 0 Å². The maximum Gasteiger partial charge on any atom is 0.230 e. The molecule has 0 aromatic heterocycles. The standard InChI is InChI=1S/C72H78O6/c1-5-13-53(14-6-1)57-23-33-63(34-24-57)73-47-51-21-41-67-61(45-51)31-43-69(77-49-75-65-37-27-59(28-38-65)55-17-9-3-10-18-55)71(67)72-68-42-22-52(48-74-64-35-25-58(26-36-64)54-15-7-2-8-16-54)46-62(68)32-44-70(72)78-50-76-66-39-29-60(30-40-66)56-19-11-4-12-20-56/h21-46,53-56H,1-20,47-50H2. The van der Waals surface area contributed by atoms with E-state index in [1.165, 1.54) is 151 Å². The minimum atomic E-state index is 0.0385. The Kier molecular flexibility index (Phi) is 16.8. The normalized spacial score (nSPS) is 17.0. The minimum absolute atomic E-state index is 0.0385. The van der Waals surface area contributed by atoms with Crippen molar-refractivity contribution in [2.45, 2.75) is 165 Å². The van der Waals surface area contributed by atoms with Crippen LogP contribution in [0.4, 0.5) is 0 Å². The lowest BCUT2D eigenvalue weighted by atomic mass is 9.84. The fourth-order valence-electron chi connectivity index (χ4n) is 13.4. The average molecular weight is 1040 g/mol. The fourth-order valence-corrected chi connectivity index (χ4v) is 13.4. The highest BCUT2D eigenvalue weighted by molar-refractivity contribution is 6.10. The summed E-state index contributed by atoms with van der Waals surface area (Å²) in [6.45, 7) is 0.987. The number of benzene rings is 8. The molecule has 0 saturated heterocycles. The first-order valence-electron chi connectivity index (χ1n) is 29.9. The first kappa shape index (κ1) is 51.8. The predicted octanol–water partition coefficient (Wildman–Crippen LogP) is 19.8. The lowest BCUT2D eigenvalue weighted by molar-refractivity contribution is 0.118. The second kappa shape index (κ2) is 25.3. The van der Waals surface area contributed by atoms with E-state index in [1.54, 1.807) is 0 Å². The molecule has 6 nitrogen and oxygen atoms in total. The largest absolute Gasteiger partial charge is 0.489 e. The number of ether oxygens (including phenoxy) is 6.